The van der Waals surface area contributed by atoms with Crippen LogP contribution in [0.25, 0.3) is 28.2 Å². The quantitative estimate of drug-likeness (QED) is 0.446. The van der Waals surface area contributed by atoms with Gasteiger partial charge in [0, 0.05) is 5.56 Å². The van der Waals surface area contributed by atoms with E-state index in [2.05, 4.69) is 26.3 Å². The second-order valence-electron chi connectivity index (χ2n) is 7.34. The summed E-state index contributed by atoms with van der Waals surface area (Å²) in [6.07, 6.45) is 2.96. The van der Waals surface area contributed by atoms with E-state index in [4.69, 9.17) is 4.52 Å². The van der Waals surface area contributed by atoms with Crippen LogP contribution in [0.1, 0.15) is 17.0 Å². The number of hydrogen-bond donors (Lipinski definition) is 0. The fourth-order valence-corrected chi connectivity index (χ4v) is 3.50. The Balaban J connectivity index is 1.47. The third kappa shape index (κ3) is 3.50. The average Bonchev–Trinajstić information content (AvgIpc) is 3.37. The van der Waals surface area contributed by atoms with Crippen molar-refractivity contribution >= 4 is 11.0 Å². The summed E-state index contributed by atoms with van der Waals surface area (Å²) in [4.78, 5) is 21.7. The van der Waals surface area contributed by atoms with Gasteiger partial charge in [0.1, 0.15) is 17.5 Å². The minimum Gasteiger partial charge on any atom is -0.334 e. The molecule has 0 N–H and O–H groups in total. The van der Waals surface area contributed by atoms with E-state index in [0.717, 1.165) is 16.8 Å². The lowest BCUT2D eigenvalue weighted by atomic mass is 10.1. The molecule has 0 aliphatic carbocycles. The van der Waals surface area contributed by atoms with Crippen LogP contribution in [0.4, 0.5) is 4.39 Å². The Kier molecular flexibility index (Phi) is 4.43. The van der Waals surface area contributed by atoms with E-state index in [9.17, 15) is 9.18 Å². The highest BCUT2D eigenvalue weighted by atomic mass is 19.1. The minimum absolute atomic E-state index is 0.0845. The average molecular weight is 416 g/mol. The van der Waals surface area contributed by atoms with Gasteiger partial charge in [0.2, 0.25) is 0 Å². The van der Waals surface area contributed by atoms with E-state index in [-0.39, 0.29) is 23.8 Å². The van der Waals surface area contributed by atoms with Crippen molar-refractivity contribution in [1.29, 1.82) is 0 Å². The van der Waals surface area contributed by atoms with Gasteiger partial charge in [-0.05, 0) is 61.4 Å². The van der Waals surface area contributed by atoms with Gasteiger partial charge >= 0.3 is 0 Å². The largest absolute Gasteiger partial charge is 0.334 e. The molecule has 3 heterocycles. The van der Waals surface area contributed by atoms with E-state index in [1.807, 2.05) is 26.0 Å². The second kappa shape index (κ2) is 7.28. The first-order chi connectivity index (χ1) is 15.0. The monoisotopic (exact) mass is 416 g/mol. The molecule has 9 heteroatoms. The lowest BCUT2D eigenvalue weighted by Gasteiger charge is -2.07. The minimum atomic E-state index is -0.351. The van der Waals surface area contributed by atoms with Gasteiger partial charge in [-0.25, -0.2) is 14.1 Å². The predicted molar refractivity (Wildman–Crippen MR) is 111 cm³/mol. The molecular weight excluding hydrogens is 399 g/mol. The summed E-state index contributed by atoms with van der Waals surface area (Å²) in [5.41, 5.74) is 3.86. The Labute approximate surface area is 175 Å². The Morgan fingerprint density at radius 1 is 1.06 bits per heavy atom. The van der Waals surface area contributed by atoms with Crippen molar-refractivity contribution in [3.63, 3.8) is 0 Å². The van der Waals surface area contributed by atoms with Crippen LogP contribution in [-0.2, 0) is 6.54 Å². The van der Waals surface area contributed by atoms with E-state index in [0.29, 0.717) is 22.4 Å². The fourth-order valence-electron chi connectivity index (χ4n) is 3.50. The summed E-state index contributed by atoms with van der Waals surface area (Å²) in [7, 11) is 0. The van der Waals surface area contributed by atoms with Crippen molar-refractivity contribution in [1.82, 2.24) is 29.5 Å². The summed E-state index contributed by atoms with van der Waals surface area (Å²) >= 11 is 0. The van der Waals surface area contributed by atoms with Gasteiger partial charge < -0.3 is 4.52 Å². The molecule has 5 rings (SSSR count). The van der Waals surface area contributed by atoms with Crippen LogP contribution in [0.15, 0.2) is 64.3 Å². The molecule has 3 aromatic heterocycles. The molecule has 154 valence electrons. The number of fused-ring (bicyclic) bond motifs is 1. The molecule has 0 aliphatic rings. The van der Waals surface area contributed by atoms with Crippen molar-refractivity contribution < 1.29 is 8.91 Å². The van der Waals surface area contributed by atoms with Crippen molar-refractivity contribution in [3.05, 3.63) is 88.1 Å². The van der Waals surface area contributed by atoms with Gasteiger partial charge in [0.15, 0.2) is 11.5 Å². The SMILES string of the molecule is Cc1cc(C)cc(-n2ncc3c(=O)n(Cc4noc(-c5ccc(F)cc5)n4)cnc32)c1. The highest BCUT2D eigenvalue weighted by molar-refractivity contribution is 5.75. The molecule has 0 radical (unpaired) electrons. The molecule has 0 saturated heterocycles. The summed E-state index contributed by atoms with van der Waals surface area (Å²) < 4.78 is 21.4. The fraction of sp³-hybridized carbons (Fsp3) is 0.136. The highest BCUT2D eigenvalue weighted by Gasteiger charge is 2.15. The van der Waals surface area contributed by atoms with E-state index < -0.39 is 0 Å². The first-order valence-corrected chi connectivity index (χ1v) is 9.58. The highest BCUT2D eigenvalue weighted by Crippen LogP contribution is 2.19. The predicted octanol–water partition coefficient (Wildman–Crippen LogP) is 3.44. The summed E-state index contributed by atoms with van der Waals surface area (Å²) in [5.74, 6) is 0.208. The number of nitrogens with zero attached hydrogens (tertiary/aromatic N) is 6. The maximum absolute atomic E-state index is 13.1. The molecule has 0 aliphatic heterocycles. The molecule has 2 aromatic carbocycles. The van der Waals surface area contributed by atoms with E-state index in [1.54, 1.807) is 16.8 Å². The first kappa shape index (κ1) is 18.9. The molecule has 0 bridgehead atoms. The lowest BCUT2D eigenvalue weighted by Crippen LogP contribution is -2.21. The Hall–Kier alpha value is -4.14. The number of benzene rings is 2. The second-order valence-corrected chi connectivity index (χ2v) is 7.34. The Morgan fingerprint density at radius 2 is 1.81 bits per heavy atom. The smallest absolute Gasteiger partial charge is 0.264 e. The van der Waals surface area contributed by atoms with Gasteiger partial charge in [-0.1, -0.05) is 11.2 Å². The van der Waals surface area contributed by atoms with Gasteiger partial charge in [-0.15, -0.1) is 0 Å². The number of hydrogen-bond acceptors (Lipinski definition) is 6. The topological polar surface area (TPSA) is 91.6 Å². The molecule has 0 amide bonds. The molecule has 8 nitrogen and oxygen atoms in total. The van der Waals surface area contributed by atoms with Crippen molar-refractivity contribution in [3.8, 4) is 17.1 Å². The number of halogens is 1. The number of aryl methyl sites for hydroxylation is 2. The summed E-state index contributed by atoms with van der Waals surface area (Å²) in [5, 5.41) is 8.68. The molecule has 0 saturated carbocycles. The summed E-state index contributed by atoms with van der Waals surface area (Å²) in [6, 6.07) is 11.8. The summed E-state index contributed by atoms with van der Waals surface area (Å²) in [6.45, 7) is 4.10. The van der Waals surface area contributed by atoms with Gasteiger partial charge in [-0.3, -0.25) is 9.36 Å². The molecule has 0 unspecified atom stereocenters. The number of rotatable bonds is 4. The number of aromatic nitrogens is 6. The maximum Gasteiger partial charge on any atom is 0.264 e. The molecule has 31 heavy (non-hydrogen) atoms. The molecule has 5 aromatic rings. The van der Waals surface area contributed by atoms with Crippen LogP contribution < -0.4 is 5.56 Å². The zero-order valence-corrected chi connectivity index (χ0v) is 16.8. The first-order valence-electron chi connectivity index (χ1n) is 9.58. The van der Waals surface area contributed by atoms with Crippen molar-refractivity contribution in [2.24, 2.45) is 0 Å². The van der Waals surface area contributed by atoms with E-state index >= 15 is 0 Å². The lowest BCUT2D eigenvalue weighted by molar-refractivity contribution is 0.420. The normalized spacial score (nSPS) is 11.3. The zero-order chi connectivity index (χ0) is 21.5. The van der Waals surface area contributed by atoms with Crippen LogP contribution >= 0.6 is 0 Å². The zero-order valence-electron chi connectivity index (χ0n) is 16.8. The van der Waals surface area contributed by atoms with Gasteiger partial charge in [-0.2, -0.15) is 10.1 Å². The van der Waals surface area contributed by atoms with E-state index in [1.165, 1.54) is 29.2 Å². The molecular formula is C22H17FN6O2. The Bertz CT molecular complexity index is 1450. The van der Waals surface area contributed by atoms with Crippen LogP contribution in [0.5, 0.6) is 0 Å². The Morgan fingerprint density at radius 3 is 2.55 bits per heavy atom. The maximum atomic E-state index is 13.1. The standard InChI is InChI=1S/C22H17FN6O2/c1-13-7-14(2)9-17(8-13)29-20-18(10-25-29)22(30)28(12-24-20)11-19-26-21(31-27-19)15-3-5-16(23)6-4-15/h3-10,12H,11H2,1-2H3. The molecule has 0 spiro atoms. The van der Waals surface area contributed by atoms with Crippen LogP contribution in [0.3, 0.4) is 0 Å². The van der Waals surface area contributed by atoms with Gasteiger partial charge in [0.25, 0.3) is 11.4 Å². The molecule has 0 atom stereocenters. The third-order valence-corrected chi connectivity index (χ3v) is 4.88. The van der Waals surface area contributed by atoms with Crippen LogP contribution in [0, 0.1) is 19.7 Å². The van der Waals surface area contributed by atoms with Crippen LogP contribution in [0.2, 0.25) is 0 Å². The van der Waals surface area contributed by atoms with Crippen molar-refractivity contribution in [2.45, 2.75) is 20.4 Å². The third-order valence-electron chi connectivity index (χ3n) is 4.88. The van der Waals surface area contributed by atoms with Gasteiger partial charge in [0.05, 0.1) is 18.4 Å². The van der Waals surface area contributed by atoms with Crippen molar-refractivity contribution in [2.75, 3.05) is 0 Å². The van der Waals surface area contributed by atoms with Crippen LogP contribution in [-0.4, -0.2) is 29.5 Å². The molecule has 0 fully saturated rings.